The summed E-state index contributed by atoms with van der Waals surface area (Å²) in [4.78, 5) is 24.6. The Labute approximate surface area is 117 Å². The van der Waals surface area contributed by atoms with E-state index in [0.29, 0.717) is 5.57 Å². The monoisotopic (exact) mass is 268 g/mol. The second-order valence-electron chi connectivity index (χ2n) is 6.49. The van der Waals surface area contributed by atoms with Gasteiger partial charge in [-0.15, -0.1) is 0 Å². The minimum absolute atomic E-state index is 0.200. The molecule has 1 aromatic carbocycles. The average Bonchev–Trinajstić information content (AvgIpc) is 2.69. The van der Waals surface area contributed by atoms with Gasteiger partial charge in [-0.05, 0) is 36.5 Å². The number of rotatable bonds is 0. The lowest BCUT2D eigenvalue weighted by Crippen LogP contribution is -2.46. The molecule has 2 atom stereocenters. The van der Waals surface area contributed by atoms with Crippen molar-refractivity contribution < 1.29 is 14.3 Å². The lowest BCUT2D eigenvalue weighted by Gasteiger charge is -2.45. The molecule has 1 heterocycles. The standard InChI is InChI=1S/C17H16O3/c1-16-8-5-9-17(2)13(16)12(14(18)20-15(17)19)10-6-3-4-7-11(10)16/h3-4,6-7H,5,8-9H2,1-2H3/t16-,17+/m0/s1. The summed E-state index contributed by atoms with van der Waals surface area (Å²) in [5.41, 5.74) is 2.92. The molecule has 1 saturated carbocycles. The van der Waals surface area contributed by atoms with Crippen LogP contribution in [-0.2, 0) is 19.7 Å². The Morgan fingerprint density at radius 2 is 1.75 bits per heavy atom. The van der Waals surface area contributed by atoms with Gasteiger partial charge >= 0.3 is 11.9 Å². The van der Waals surface area contributed by atoms with E-state index in [9.17, 15) is 9.59 Å². The minimum atomic E-state index is -0.644. The van der Waals surface area contributed by atoms with Crippen molar-refractivity contribution in [2.24, 2.45) is 5.41 Å². The van der Waals surface area contributed by atoms with Gasteiger partial charge in [-0.3, -0.25) is 4.79 Å². The number of cyclic esters (lactones) is 2. The smallest absolute Gasteiger partial charge is 0.346 e. The Bertz CT molecular complexity index is 700. The fourth-order valence-corrected chi connectivity index (χ4v) is 4.46. The van der Waals surface area contributed by atoms with Crippen LogP contribution in [0.4, 0.5) is 0 Å². The molecule has 0 aromatic heterocycles. The number of benzene rings is 1. The average molecular weight is 268 g/mol. The van der Waals surface area contributed by atoms with Gasteiger partial charge in [0.25, 0.3) is 0 Å². The molecule has 0 amide bonds. The first-order chi connectivity index (χ1) is 9.48. The van der Waals surface area contributed by atoms with Crippen molar-refractivity contribution in [2.75, 3.05) is 0 Å². The van der Waals surface area contributed by atoms with Gasteiger partial charge in [0.05, 0.1) is 11.0 Å². The van der Waals surface area contributed by atoms with Gasteiger partial charge in [-0.25, -0.2) is 4.79 Å². The van der Waals surface area contributed by atoms with E-state index in [0.717, 1.165) is 30.4 Å². The minimum Gasteiger partial charge on any atom is -0.389 e. The zero-order chi connectivity index (χ0) is 14.1. The first-order valence-corrected chi connectivity index (χ1v) is 7.10. The molecule has 1 aliphatic heterocycles. The Hall–Kier alpha value is -1.90. The van der Waals surface area contributed by atoms with Crippen LogP contribution in [0, 0.1) is 5.41 Å². The van der Waals surface area contributed by atoms with E-state index in [-0.39, 0.29) is 11.4 Å². The van der Waals surface area contributed by atoms with Gasteiger partial charge in [0, 0.05) is 5.41 Å². The number of esters is 2. The largest absolute Gasteiger partial charge is 0.389 e. The Morgan fingerprint density at radius 3 is 2.55 bits per heavy atom. The summed E-state index contributed by atoms with van der Waals surface area (Å²) in [6.07, 6.45) is 2.72. The Morgan fingerprint density at radius 1 is 1.05 bits per heavy atom. The van der Waals surface area contributed by atoms with Crippen molar-refractivity contribution >= 4 is 17.5 Å². The van der Waals surface area contributed by atoms with Crippen molar-refractivity contribution in [3.05, 3.63) is 41.0 Å². The highest BCUT2D eigenvalue weighted by molar-refractivity contribution is 6.26. The molecular formula is C17H16O3. The van der Waals surface area contributed by atoms with Crippen molar-refractivity contribution in [1.82, 2.24) is 0 Å². The predicted molar refractivity (Wildman–Crippen MR) is 73.8 cm³/mol. The summed E-state index contributed by atoms with van der Waals surface area (Å²) in [6, 6.07) is 7.99. The molecule has 3 heteroatoms. The maximum absolute atomic E-state index is 12.3. The van der Waals surface area contributed by atoms with E-state index in [1.165, 1.54) is 5.56 Å². The third-order valence-electron chi connectivity index (χ3n) is 5.34. The van der Waals surface area contributed by atoms with E-state index < -0.39 is 11.4 Å². The van der Waals surface area contributed by atoms with Crippen molar-refractivity contribution in [2.45, 2.75) is 38.5 Å². The second kappa shape index (κ2) is 3.40. The molecule has 102 valence electrons. The van der Waals surface area contributed by atoms with Crippen LogP contribution in [0.1, 0.15) is 44.2 Å². The van der Waals surface area contributed by atoms with Crippen molar-refractivity contribution in [3.63, 3.8) is 0 Å². The van der Waals surface area contributed by atoms with Crippen LogP contribution < -0.4 is 0 Å². The van der Waals surface area contributed by atoms with E-state index in [1.54, 1.807) is 0 Å². The van der Waals surface area contributed by atoms with Gasteiger partial charge in [-0.2, -0.15) is 0 Å². The second-order valence-corrected chi connectivity index (χ2v) is 6.49. The lowest BCUT2D eigenvalue weighted by atomic mass is 9.58. The van der Waals surface area contributed by atoms with E-state index in [4.69, 9.17) is 4.74 Å². The first kappa shape index (κ1) is 11.9. The molecular weight excluding hydrogens is 252 g/mol. The Balaban J connectivity index is 2.11. The summed E-state index contributed by atoms with van der Waals surface area (Å²) in [7, 11) is 0. The number of carbonyl (C=O) groups excluding carboxylic acids is 2. The molecule has 0 spiro atoms. The quantitative estimate of drug-likeness (QED) is 0.536. The predicted octanol–water partition coefficient (Wildman–Crippen LogP) is 2.99. The zero-order valence-corrected chi connectivity index (χ0v) is 11.7. The van der Waals surface area contributed by atoms with Crippen LogP contribution in [0.15, 0.2) is 29.8 Å². The van der Waals surface area contributed by atoms with Crippen LogP contribution in [0.3, 0.4) is 0 Å². The van der Waals surface area contributed by atoms with Gasteiger partial charge in [0.15, 0.2) is 0 Å². The number of hydrogen-bond acceptors (Lipinski definition) is 3. The fraction of sp³-hybridized carbons (Fsp3) is 0.412. The normalized spacial score (nSPS) is 34.7. The van der Waals surface area contributed by atoms with Gasteiger partial charge in [0.1, 0.15) is 0 Å². The first-order valence-electron chi connectivity index (χ1n) is 7.10. The SMILES string of the molecule is C[C@@]12CCC[C@]3(C)C1=C(C(=O)OC2=O)c1ccccc13. The molecule has 0 unspecified atom stereocenters. The van der Waals surface area contributed by atoms with Gasteiger partial charge < -0.3 is 4.74 Å². The van der Waals surface area contributed by atoms with Crippen LogP contribution in [0.5, 0.6) is 0 Å². The zero-order valence-electron chi connectivity index (χ0n) is 11.7. The molecule has 20 heavy (non-hydrogen) atoms. The summed E-state index contributed by atoms with van der Waals surface area (Å²) in [5, 5.41) is 0. The topological polar surface area (TPSA) is 43.4 Å². The van der Waals surface area contributed by atoms with E-state index >= 15 is 0 Å². The number of ether oxygens (including phenoxy) is 1. The number of hydrogen-bond donors (Lipinski definition) is 0. The van der Waals surface area contributed by atoms with Crippen LogP contribution in [-0.4, -0.2) is 11.9 Å². The Kier molecular flexibility index (Phi) is 2.02. The van der Waals surface area contributed by atoms with Gasteiger partial charge in [-0.1, -0.05) is 37.6 Å². The van der Waals surface area contributed by atoms with Crippen molar-refractivity contribution in [1.29, 1.82) is 0 Å². The maximum Gasteiger partial charge on any atom is 0.346 e. The maximum atomic E-state index is 12.3. The highest BCUT2D eigenvalue weighted by Crippen LogP contribution is 2.61. The molecule has 0 N–H and O–H groups in total. The van der Waals surface area contributed by atoms with Crippen LogP contribution in [0.25, 0.3) is 5.57 Å². The highest BCUT2D eigenvalue weighted by Gasteiger charge is 2.59. The summed E-state index contributed by atoms with van der Waals surface area (Å²) in [5.74, 6) is -0.847. The summed E-state index contributed by atoms with van der Waals surface area (Å²) in [6.45, 7) is 4.10. The van der Waals surface area contributed by atoms with Crippen LogP contribution >= 0.6 is 0 Å². The third-order valence-corrected chi connectivity index (χ3v) is 5.34. The number of carbonyl (C=O) groups is 2. The van der Waals surface area contributed by atoms with Gasteiger partial charge in [0.2, 0.25) is 0 Å². The molecule has 0 radical (unpaired) electrons. The van der Waals surface area contributed by atoms with E-state index in [1.807, 2.05) is 25.1 Å². The van der Waals surface area contributed by atoms with Crippen molar-refractivity contribution in [3.8, 4) is 0 Å². The molecule has 0 bridgehead atoms. The molecule has 1 aromatic rings. The molecule has 0 saturated heterocycles. The third kappa shape index (κ3) is 1.13. The molecule has 1 fully saturated rings. The molecule has 3 nitrogen and oxygen atoms in total. The molecule has 4 rings (SSSR count). The molecule has 2 aliphatic carbocycles. The lowest BCUT2D eigenvalue weighted by molar-refractivity contribution is -0.164. The highest BCUT2D eigenvalue weighted by atomic mass is 16.6. The number of fused-ring (bicyclic) bond motifs is 3. The van der Waals surface area contributed by atoms with E-state index in [2.05, 4.69) is 13.0 Å². The summed E-state index contributed by atoms with van der Waals surface area (Å²) >= 11 is 0. The molecule has 3 aliphatic rings. The fourth-order valence-electron chi connectivity index (χ4n) is 4.46. The summed E-state index contributed by atoms with van der Waals surface area (Å²) < 4.78 is 5.06. The van der Waals surface area contributed by atoms with Crippen LogP contribution in [0.2, 0.25) is 0 Å².